The highest BCUT2D eigenvalue weighted by Gasteiger charge is 2.20. The van der Waals surface area contributed by atoms with Gasteiger partial charge in [-0.25, -0.2) is 4.79 Å². The van der Waals surface area contributed by atoms with Crippen molar-refractivity contribution in [1.29, 1.82) is 0 Å². The number of nitrogens with two attached hydrogens (primary N) is 1. The van der Waals surface area contributed by atoms with E-state index in [0.717, 1.165) is 6.42 Å². The Morgan fingerprint density at radius 1 is 1.80 bits per heavy atom. The minimum absolute atomic E-state index is 0.0413. The molecule has 0 heterocycles. The molecule has 0 fully saturated rings. The van der Waals surface area contributed by atoms with E-state index < -0.39 is 12.0 Å². The van der Waals surface area contributed by atoms with E-state index in [-0.39, 0.29) is 5.92 Å². The van der Waals surface area contributed by atoms with Crippen molar-refractivity contribution in [2.24, 2.45) is 11.7 Å². The third-order valence-corrected chi connectivity index (χ3v) is 1.62. The predicted molar refractivity (Wildman–Crippen MR) is 36.2 cm³/mol. The van der Waals surface area contributed by atoms with Gasteiger partial charge >= 0.3 is 5.97 Å². The van der Waals surface area contributed by atoms with Gasteiger partial charge in [-0.05, 0) is 5.92 Å². The first kappa shape index (κ1) is 9.39. The van der Waals surface area contributed by atoms with Crippen LogP contribution in [0.4, 0.5) is 0 Å². The molecule has 0 aromatic heterocycles. The highest BCUT2D eigenvalue weighted by atomic mass is 17.1. The quantitative estimate of drug-likeness (QED) is 0.447. The molecule has 0 radical (unpaired) electrons. The van der Waals surface area contributed by atoms with Gasteiger partial charge in [-0.2, -0.15) is 5.26 Å². The molecule has 2 atom stereocenters. The fourth-order valence-corrected chi connectivity index (χ4v) is 0.547. The molecular weight excluding hydrogens is 134 g/mol. The van der Waals surface area contributed by atoms with Crippen LogP contribution in [0.2, 0.25) is 0 Å². The number of hydrogen-bond donors (Lipinski definition) is 2. The highest BCUT2D eigenvalue weighted by molar-refractivity contribution is 5.75. The minimum Gasteiger partial charge on any atom is -0.318 e. The second-order valence-corrected chi connectivity index (χ2v) is 2.32. The van der Waals surface area contributed by atoms with E-state index in [1.54, 1.807) is 0 Å². The standard InChI is InChI=1S/C6H13NO3/c1-3-4(2)5(7)6(8)10-9/h4-5,9H,3,7H2,1-2H3. The molecule has 0 aliphatic carbocycles. The summed E-state index contributed by atoms with van der Waals surface area (Å²) >= 11 is 0. The Morgan fingerprint density at radius 2 is 2.30 bits per heavy atom. The Morgan fingerprint density at radius 3 is 2.60 bits per heavy atom. The summed E-state index contributed by atoms with van der Waals surface area (Å²) in [5.74, 6) is -0.728. The second kappa shape index (κ2) is 4.24. The van der Waals surface area contributed by atoms with Crippen LogP contribution in [0.1, 0.15) is 20.3 Å². The minimum atomic E-state index is -0.769. The first-order chi connectivity index (χ1) is 4.63. The van der Waals surface area contributed by atoms with Crippen molar-refractivity contribution in [3.63, 3.8) is 0 Å². The smallest absolute Gasteiger partial charge is 0.318 e. The molecule has 0 saturated heterocycles. The summed E-state index contributed by atoms with van der Waals surface area (Å²) in [6.45, 7) is 3.73. The number of hydrogen-bond acceptors (Lipinski definition) is 4. The van der Waals surface area contributed by atoms with Gasteiger partial charge in [0.1, 0.15) is 6.04 Å². The molecule has 4 nitrogen and oxygen atoms in total. The molecule has 2 unspecified atom stereocenters. The fraction of sp³-hybridized carbons (Fsp3) is 0.833. The molecule has 0 bridgehead atoms. The normalized spacial score (nSPS) is 16.0. The third kappa shape index (κ3) is 2.33. The maximum Gasteiger partial charge on any atom is 0.358 e. The Kier molecular flexibility index (Phi) is 3.99. The van der Waals surface area contributed by atoms with E-state index >= 15 is 0 Å². The van der Waals surface area contributed by atoms with Crippen LogP contribution in [0.15, 0.2) is 0 Å². The Balaban J connectivity index is 3.81. The molecule has 0 saturated carbocycles. The van der Waals surface area contributed by atoms with Crippen molar-refractivity contribution in [1.82, 2.24) is 0 Å². The summed E-state index contributed by atoms with van der Waals surface area (Å²) in [5, 5.41) is 7.92. The second-order valence-electron chi connectivity index (χ2n) is 2.32. The van der Waals surface area contributed by atoms with Crippen LogP contribution in [0.3, 0.4) is 0 Å². The van der Waals surface area contributed by atoms with Crippen molar-refractivity contribution in [2.75, 3.05) is 0 Å². The van der Waals surface area contributed by atoms with Crippen LogP contribution >= 0.6 is 0 Å². The fourth-order valence-electron chi connectivity index (χ4n) is 0.547. The summed E-state index contributed by atoms with van der Waals surface area (Å²) < 4.78 is 0. The van der Waals surface area contributed by atoms with E-state index in [1.807, 2.05) is 13.8 Å². The van der Waals surface area contributed by atoms with Crippen LogP contribution in [0.5, 0.6) is 0 Å². The molecule has 10 heavy (non-hydrogen) atoms. The lowest BCUT2D eigenvalue weighted by atomic mass is 10.0. The van der Waals surface area contributed by atoms with Gasteiger partial charge in [-0.1, -0.05) is 20.3 Å². The predicted octanol–water partition coefficient (Wildman–Crippen LogP) is 0.376. The zero-order chi connectivity index (χ0) is 8.15. The topological polar surface area (TPSA) is 72.6 Å². The maximum absolute atomic E-state index is 10.5. The molecule has 0 aromatic rings. The molecule has 0 amide bonds. The summed E-state index contributed by atoms with van der Waals surface area (Å²) in [6, 6.07) is -0.713. The number of carbonyl (C=O) groups is 1. The van der Waals surface area contributed by atoms with E-state index in [1.165, 1.54) is 0 Å². The maximum atomic E-state index is 10.5. The molecule has 4 heteroatoms. The van der Waals surface area contributed by atoms with Crippen molar-refractivity contribution in [2.45, 2.75) is 26.3 Å². The van der Waals surface area contributed by atoms with E-state index in [0.29, 0.717) is 0 Å². The van der Waals surface area contributed by atoms with Gasteiger partial charge in [0.15, 0.2) is 0 Å². The van der Waals surface area contributed by atoms with Gasteiger partial charge in [-0.15, -0.1) is 0 Å². The molecule has 3 N–H and O–H groups in total. The number of rotatable bonds is 3. The van der Waals surface area contributed by atoms with Crippen LogP contribution in [0, 0.1) is 5.92 Å². The van der Waals surface area contributed by atoms with E-state index in [9.17, 15) is 4.79 Å². The van der Waals surface area contributed by atoms with Crippen LogP contribution < -0.4 is 5.73 Å². The summed E-state index contributed by atoms with van der Waals surface area (Å²) in [7, 11) is 0. The van der Waals surface area contributed by atoms with Crippen LogP contribution in [-0.2, 0) is 9.68 Å². The lowest BCUT2D eigenvalue weighted by molar-refractivity contribution is -0.236. The van der Waals surface area contributed by atoms with Crippen molar-refractivity contribution >= 4 is 5.97 Å². The summed E-state index contributed by atoms with van der Waals surface area (Å²) in [5.41, 5.74) is 5.35. The number of carbonyl (C=O) groups excluding carboxylic acids is 1. The average molecular weight is 147 g/mol. The molecular formula is C6H13NO3. The zero-order valence-electron chi connectivity index (χ0n) is 6.20. The first-order valence-corrected chi connectivity index (χ1v) is 3.24. The van der Waals surface area contributed by atoms with Crippen molar-refractivity contribution in [3.05, 3.63) is 0 Å². The molecule has 60 valence electrons. The molecule has 0 spiro atoms. The first-order valence-electron chi connectivity index (χ1n) is 3.24. The Labute approximate surface area is 59.9 Å². The van der Waals surface area contributed by atoms with Crippen molar-refractivity contribution < 1.29 is 14.9 Å². The average Bonchev–Trinajstić information content (AvgIpc) is 2.00. The van der Waals surface area contributed by atoms with Gasteiger partial charge in [0, 0.05) is 0 Å². The molecule has 0 aliphatic heterocycles. The van der Waals surface area contributed by atoms with E-state index in [2.05, 4.69) is 4.89 Å². The Hall–Kier alpha value is -0.610. The van der Waals surface area contributed by atoms with Crippen molar-refractivity contribution in [3.8, 4) is 0 Å². The monoisotopic (exact) mass is 147 g/mol. The molecule has 0 aromatic carbocycles. The largest absolute Gasteiger partial charge is 0.358 e. The lowest BCUT2D eigenvalue weighted by Crippen LogP contribution is -2.37. The SMILES string of the molecule is CCC(C)C(N)C(=O)OO. The van der Waals surface area contributed by atoms with Crippen LogP contribution in [0.25, 0.3) is 0 Å². The highest BCUT2D eigenvalue weighted by Crippen LogP contribution is 2.05. The van der Waals surface area contributed by atoms with Crippen LogP contribution in [-0.4, -0.2) is 17.3 Å². The summed E-state index contributed by atoms with van der Waals surface area (Å²) in [4.78, 5) is 14.0. The zero-order valence-corrected chi connectivity index (χ0v) is 6.20. The summed E-state index contributed by atoms with van der Waals surface area (Å²) in [6.07, 6.45) is 0.788. The van der Waals surface area contributed by atoms with Gasteiger partial charge in [-0.3, -0.25) is 4.89 Å². The Bertz CT molecular complexity index is 116. The lowest BCUT2D eigenvalue weighted by Gasteiger charge is -2.13. The molecule has 0 rings (SSSR count). The van der Waals surface area contributed by atoms with Gasteiger partial charge in [0.05, 0.1) is 0 Å². The van der Waals surface area contributed by atoms with Gasteiger partial charge in [0.25, 0.3) is 0 Å². The van der Waals surface area contributed by atoms with E-state index in [4.69, 9.17) is 11.0 Å². The molecule has 0 aliphatic rings. The van der Waals surface area contributed by atoms with Gasteiger partial charge < -0.3 is 5.73 Å². The third-order valence-electron chi connectivity index (χ3n) is 1.62. The van der Waals surface area contributed by atoms with Gasteiger partial charge in [0.2, 0.25) is 0 Å².